The summed E-state index contributed by atoms with van der Waals surface area (Å²) in [5.41, 5.74) is 5.45. The topological polar surface area (TPSA) is 55.1 Å². The summed E-state index contributed by atoms with van der Waals surface area (Å²) < 4.78 is 13.3. The number of benzene rings is 1. The van der Waals surface area contributed by atoms with Gasteiger partial charge in [0.15, 0.2) is 0 Å². The van der Waals surface area contributed by atoms with Gasteiger partial charge in [0, 0.05) is 23.6 Å². The van der Waals surface area contributed by atoms with Crippen LogP contribution in [0.2, 0.25) is 0 Å². The van der Waals surface area contributed by atoms with Crippen LogP contribution in [0, 0.1) is 11.7 Å². The Morgan fingerprint density at radius 1 is 1.47 bits per heavy atom. The van der Waals surface area contributed by atoms with Gasteiger partial charge in [0.05, 0.1) is 0 Å². The third-order valence-electron chi connectivity index (χ3n) is 2.47. The first-order valence-electron chi connectivity index (χ1n) is 5.97. The van der Waals surface area contributed by atoms with E-state index in [4.69, 9.17) is 5.73 Å². The van der Waals surface area contributed by atoms with Gasteiger partial charge in [-0.15, -0.1) is 24.2 Å². The van der Waals surface area contributed by atoms with Gasteiger partial charge in [-0.2, -0.15) is 0 Å². The van der Waals surface area contributed by atoms with Gasteiger partial charge in [0.25, 0.3) is 0 Å². The normalized spacial score (nSPS) is 11.5. The molecule has 0 saturated heterocycles. The van der Waals surface area contributed by atoms with Crippen LogP contribution < -0.4 is 11.1 Å². The third kappa shape index (κ3) is 7.40. The van der Waals surface area contributed by atoms with Crippen LogP contribution in [0.3, 0.4) is 0 Å². The number of thioether (sulfide) groups is 1. The summed E-state index contributed by atoms with van der Waals surface area (Å²) in [6.45, 7) is 3.14. The predicted molar refractivity (Wildman–Crippen MR) is 80.2 cm³/mol. The lowest BCUT2D eigenvalue weighted by atomic mass is 10.2. The summed E-state index contributed by atoms with van der Waals surface area (Å²) in [6.07, 6.45) is 0.385. The van der Waals surface area contributed by atoms with Crippen LogP contribution in [0.1, 0.15) is 13.3 Å². The van der Waals surface area contributed by atoms with Crippen molar-refractivity contribution >= 4 is 30.1 Å². The van der Waals surface area contributed by atoms with Crippen LogP contribution in [0.5, 0.6) is 0 Å². The summed E-state index contributed by atoms with van der Waals surface area (Å²) in [5, 5.41) is 2.81. The molecule has 3 nitrogen and oxygen atoms in total. The molecule has 0 fully saturated rings. The SMILES string of the molecule is CC(CN)CNC(=O)CCSc1ccccc1F.Cl. The highest BCUT2D eigenvalue weighted by Gasteiger charge is 2.06. The van der Waals surface area contributed by atoms with Crippen LogP contribution in [0.15, 0.2) is 29.2 Å². The average Bonchev–Trinajstić information content (AvgIpc) is 2.38. The molecule has 1 aromatic rings. The minimum absolute atomic E-state index is 0. The summed E-state index contributed by atoms with van der Waals surface area (Å²) in [6, 6.07) is 6.58. The number of rotatable bonds is 7. The zero-order valence-corrected chi connectivity index (χ0v) is 12.5. The second kappa shape index (κ2) is 10.1. The minimum atomic E-state index is -0.236. The molecular formula is C13H20ClFN2OS. The molecule has 1 rings (SSSR count). The molecule has 1 atom stereocenters. The van der Waals surface area contributed by atoms with E-state index in [-0.39, 0.29) is 30.0 Å². The Morgan fingerprint density at radius 3 is 2.79 bits per heavy atom. The molecule has 0 aliphatic heterocycles. The van der Waals surface area contributed by atoms with Crippen molar-refractivity contribution in [2.75, 3.05) is 18.8 Å². The fourth-order valence-corrected chi connectivity index (χ4v) is 2.16. The van der Waals surface area contributed by atoms with E-state index in [1.807, 2.05) is 6.92 Å². The molecule has 0 heterocycles. The molecule has 0 saturated carbocycles. The Kier molecular flexibility index (Phi) is 9.65. The van der Waals surface area contributed by atoms with Gasteiger partial charge in [0.2, 0.25) is 5.91 Å². The monoisotopic (exact) mass is 306 g/mol. The minimum Gasteiger partial charge on any atom is -0.356 e. The Bertz CT molecular complexity index is 393. The van der Waals surface area contributed by atoms with Crippen molar-refractivity contribution < 1.29 is 9.18 Å². The number of carbonyl (C=O) groups excluding carboxylic acids is 1. The van der Waals surface area contributed by atoms with Crippen LogP contribution in [-0.4, -0.2) is 24.7 Å². The zero-order chi connectivity index (χ0) is 13.4. The number of nitrogens with one attached hydrogen (secondary N) is 1. The highest BCUT2D eigenvalue weighted by Crippen LogP contribution is 2.21. The lowest BCUT2D eigenvalue weighted by Crippen LogP contribution is -2.31. The fraction of sp³-hybridized carbons (Fsp3) is 0.462. The molecule has 108 valence electrons. The van der Waals surface area contributed by atoms with E-state index in [2.05, 4.69) is 5.32 Å². The second-order valence-electron chi connectivity index (χ2n) is 4.17. The molecule has 0 aromatic heterocycles. The predicted octanol–water partition coefficient (Wildman–Crippen LogP) is 2.44. The maximum absolute atomic E-state index is 13.3. The molecule has 0 spiro atoms. The standard InChI is InChI=1S/C13H19FN2OS.ClH/c1-10(8-15)9-16-13(17)6-7-18-12-5-3-2-4-11(12)14;/h2-5,10H,6-9,15H2,1H3,(H,16,17);1H. The van der Waals surface area contributed by atoms with Crippen molar-refractivity contribution in [2.24, 2.45) is 11.7 Å². The van der Waals surface area contributed by atoms with Crippen molar-refractivity contribution in [3.8, 4) is 0 Å². The highest BCUT2D eigenvalue weighted by molar-refractivity contribution is 7.99. The van der Waals surface area contributed by atoms with E-state index in [1.54, 1.807) is 18.2 Å². The Morgan fingerprint density at radius 2 is 2.16 bits per heavy atom. The van der Waals surface area contributed by atoms with E-state index in [0.29, 0.717) is 30.2 Å². The van der Waals surface area contributed by atoms with Gasteiger partial charge in [-0.3, -0.25) is 4.79 Å². The molecule has 0 bridgehead atoms. The molecule has 19 heavy (non-hydrogen) atoms. The molecule has 1 unspecified atom stereocenters. The molecule has 0 radical (unpaired) electrons. The highest BCUT2D eigenvalue weighted by atomic mass is 35.5. The summed E-state index contributed by atoms with van der Waals surface area (Å²) in [7, 11) is 0. The van der Waals surface area contributed by atoms with Crippen LogP contribution in [-0.2, 0) is 4.79 Å². The first-order valence-corrected chi connectivity index (χ1v) is 6.96. The van der Waals surface area contributed by atoms with Crippen LogP contribution in [0.25, 0.3) is 0 Å². The van der Waals surface area contributed by atoms with Crippen LogP contribution >= 0.6 is 24.2 Å². The van der Waals surface area contributed by atoms with E-state index < -0.39 is 0 Å². The number of carbonyl (C=O) groups is 1. The van der Waals surface area contributed by atoms with Gasteiger partial charge in [-0.25, -0.2) is 4.39 Å². The average molecular weight is 307 g/mol. The van der Waals surface area contributed by atoms with Crippen molar-refractivity contribution in [3.63, 3.8) is 0 Å². The lowest BCUT2D eigenvalue weighted by Gasteiger charge is -2.09. The van der Waals surface area contributed by atoms with E-state index in [1.165, 1.54) is 17.8 Å². The Labute approximate surface area is 123 Å². The number of hydrogen-bond donors (Lipinski definition) is 2. The molecule has 1 aromatic carbocycles. The van der Waals surface area contributed by atoms with E-state index in [9.17, 15) is 9.18 Å². The molecule has 6 heteroatoms. The first-order chi connectivity index (χ1) is 8.63. The Balaban J connectivity index is 0.00000324. The fourth-order valence-electron chi connectivity index (χ4n) is 1.28. The summed E-state index contributed by atoms with van der Waals surface area (Å²) in [5.74, 6) is 0.607. The van der Waals surface area contributed by atoms with E-state index in [0.717, 1.165) is 0 Å². The van der Waals surface area contributed by atoms with Gasteiger partial charge >= 0.3 is 0 Å². The van der Waals surface area contributed by atoms with Crippen molar-refractivity contribution in [1.82, 2.24) is 5.32 Å². The lowest BCUT2D eigenvalue weighted by molar-refractivity contribution is -0.120. The largest absolute Gasteiger partial charge is 0.356 e. The van der Waals surface area contributed by atoms with Crippen LogP contribution in [0.4, 0.5) is 4.39 Å². The van der Waals surface area contributed by atoms with Gasteiger partial charge < -0.3 is 11.1 Å². The number of amides is 1. The molecule has 0 aliphatic rings. The van der Waals surface area contributed by atoms with Gasteiger partial charge in [-0.05, 0) is 24.6 Å². The quantitative estimate of drug-likeness (QED) is 0.761. The third-order valence-corrected chi connectivity index (χ3v) is 3.52. The summed E-state index contributed by atoms with van der Waals surface area (Å²) in [4.78, 5) is 12.1. The molecule has 3 N–H and O–H groups in total. The smallest absolute Gasteiger partial charge is 0.220 e. The van der Waals surface area contributed by atoms with Gasteiger partial charge in [0.1, 0.15) is 5.82 Å². The van der Waals surface area contributed by atoms with Gasteiger partial charge in [-0.1, -0.05) is 19.1 Å². The summed E-state index contributed by atoms with van der Waals surface area (Å²) >= 11 is 1.35. The zero-order valence-electron chi connectivity index (χ0n) is 10.9. The van der Waals surface area contributed by atoms with Crippen molar-refractivity contribution in [2.45, 2.75) is 18.2 Å². The maximum atomic E-state index is 13.3. The second-order valence-corrected chi connectivity index (χ2v) is 5.31. The molecular weight excluding hydrogens is 287 g/mol. The van der Waals surface area contributed by atoms with Crippen molar-refractivity contribution in [3.05, 3.63) is 30.1 Å². The number of halogens is 2. The Hall–Kier alpha value is -0.780. The van der Waals surface area contributed by atoms with Crippen molar-refractivity contribution in [1.29, 1.82) is 0 Å². The number of hydrogen-bond acceptors (Lipinski definition) is 3. The maximum Gasteiger partial charge on any atom is 0.220 e. The van der Waals surface area contributed by atoms with E-state index >= 15 is 0 Å². The molecule has 0 aliphatic carbocycles. The first kappa shape index (κ1) is 18.2. The number of nitrogens with two attached hydrogens (primary N) is 1. The molecule has 1 amide bonds.